The van der Waals surface area contributed by atoms with Crippen LogP contribution in [0.3, 0.4) is 0 Å². The number of carbonyl (C=O) groups is 1. The average molecular weight is 246 g/mol. The van der Waals surface area contributed by atoms with Crippen molar-refractivity contribution in [2.75, 3.05) is 18.6 Å². The van der Waals surface area contributed by atoms with Gasteiger partial charge in [0.1, 0.15) is 0 Å². The maximum atomic E-state index is 10.9. The Kier molecular flexibility index (Phi) is 4.78. The largest absolute Gasteiger partial charge is 0.469 e. The molecule has 0 aliphatic carbocycles. The number of ether oxygens (including phenoxy) is 1. The molecule has 0 aromatic heterocycles. The topological polar surface area (TPSA) is 52.3 Å². The van der Waals surface area contributed by atoms with Gasteiger partial charge in [0.05, 0.1) is 24.2 Å². The Bertz CT molecular complexity index is 357. The number of methoxy groups -OCH3 is 1. The van der Waals surface area contributed by atoms with Crippen LogP contribution in [0, 0.1) is 0 Å². The molecule has 0 amide bonds. The standard InChI is InChI=1S/C10H12ClNO2S/c1-14-9(13)5-6-15-8-4-2-3-7(12)10(8)11/h2-4H,5-6,12H2,1H3. The van der Waals surface area contributed by atoms with E-state index in [9.17, 15) is 4.79 Å². The van der Waals surface area contributed by atoms with Gasteiger partial charge in [-0.05, 0) is 12.1 Å². The third-order valence-corrected chi connectivity index (χ3v) is 3.38. The second-order valence-electron chi connectivity index (χ2n) is 2.83. The molecule has 15 heavy (non-hydrogen) atoms. The van der Waals surface area contributed by atoms with Gasteiger partial charge in [-0.25, -0.2) is 0 Å². The molecule has 1 aromatic carbocycles. The van der Waals surface area contributed by atoms with Gasteiger partial charge in [0.15, 0.2) is 0 Å². The molecule has 0 unspecified atom stereocenters. The zero-order chi connectivity index (χ0) is 11.3. The van der Waals surface area contributed by atoms with E-state index in [4.69, 9.17) is 17.3 Å². The van der Waals surface area contributed by atoms with Crippen molar-refractivity contribution >= 4 is 35.0 Å². The number of anilines is 1. The number of carbonyl (C=O) groups excluding carboxylic acids is 1. The van der Waals surface area contributed by atoms with E-state index in [-0.39, 0.29) is 5.97 Å². The maximum Gasteiger partial charge on any atom is 0.306 e. The van der Waals surface area contributed by atoms with Crippen LogP contribution in [-0.4, -0.2) is 18.8 Å². The molecule has 0 aliphatic heterocycles. The molecule has 0 aliphatic rings. The minimum absolute atomic E-state index is 0.220. The lowest BCUT2D eigenvalue weighted by atomic mass is 10.3. The van der Waals surface area contributed by atoms with Crippen molar-refractivity contribution in [3.8, 4) is 0 Å². The molecule has 0 fully saturated rings. The van der Waals surface area contributed by atoms with Crippen molar-refractivity contribution < 1.29 is 9.53 Å². The summed E-state index contributed by atoms with van der Waals surface area (Å²) < 4.78 is 4.53. The van der Waals surface area contributed by atoms with Crippen LogP contribution in [0.2, 0.25) is 5.02 Å². The lowest BCUT2D eigenvalue weighted by Crippen LogP contribution is -2.01. The van der Waals surface area contributed by atoms with Crippen LogP contribution >= 0.6 is 23.4 Å². The van der Waals surface area contributed by atoms with Crippen molar-refractivity contribution in [2.24, 2.45) is 0 Å². The zero-order valence-corrected chi connectivity index (χ0v) is 9.90. The fraction of sp³-hybridized carbons (Fsp3) is 0.300. The van der Waals surface area contributed by atoms with E-state index in [1.54, 1.807) is 6.07 Å². The number of benzene rings is 1. The summed E-state index contributed by atoms with van der Waals surface area (Å²) in [5, 5.41) is 0.548. The molecule has 82 valence electrons. The van der Waals surface area contributed by atoms with Crippen LogP contribution in [0.5, 0.6) is 0 Å². The monoisotopic (exact) mass is 245 g/mol. The first-order chi connectivity index (χ1) is 7.15. The average Bonchev–Trinajstić information content (AvgIpc) is 2.24. The third kappa shape index (κ3) is 3.64. The maximum absolute atomic E-state index is 10.9. The Morgan fingerprint density at radius 3 is 3.00 bits per heavy atom. The van der Waals surface area contributed by atoms with E-state index in [0.29, 0.717) is 22.9 Å². The van der Waals surface area contributed by atoms with E-state index >= 15 is 0 Å². The summed E-state index contributed by atoms with van der Waals surface area (Å²) in [6.07, 6.45) is 0.367. The van der Waals surface area contributed by atoms with Crippen LogP contribution in [0.4, 0.5) is 5.69 Å². The number of nitrogens with two attached hydrogens (primary N) is 1. The molecule has 0 spiro atoms. The van der Waals surface area contributed by atoms with Gasteiger partial charge in [-0.2, -0.15) is 0 Å². The Balaban J connectivity index is 2.51. The van der Waals surface area contributed by atoms with Crippen molar-refractivity contribution in [3.63, 3.8) is 0 Å². The smallest absolute Gasteiger partial charge is 0.306 e. The molecular formula is C10H12ClNO2S. The summed E-state index contributed by atoms with van der Waals surface area (Å²) in [4.78, 5) is 11.8. The van der Waals surface area contributed by atoms with Crippen molar-refractivity contribution in [1.82, 2.24) is 0 Å². The number of hydrogen-bond acceptors (Lipinski definition) is 4. The quantitative estimate of drug-likeness (QED) is 0.503. The van der Waals surface area contributed by atoms with Crippen molar-refractivity contribution in [3.05, 3.63) is 23.2 Å². The highest BCUT2D eigenvalue weighted by Gasteiger charge is 2.05. The second kappa shape index (κ2) is 5.88. The van der Waals surface area contributed by atoms with E-state index in [0.717, 1.165) is 4.90 Å². The number of hydrogen-bond donors (Lipinski definition) is 1. The fourth-order valence-corrected chi connectivity index (χ4v) is 2.18. The molecule has 3 nitrogen and oxygen atoms in total. The Labute approximate surface area is 97.9 Å². The molecule has 0 saturated heterocycles. The highest BCUT2D eigenvalue weighted by molar-refractivity contribution is 7.99. The van der Waals surface area contributed by atoms with Crippen molar-refractivity contribution in [1.29, 1.82) is 0 Å². The first-order valence-corrected chi connectivity index (χ1v) is 5.75. The molecule has 0 heterocycles. The normalized spacial score (nSPS) is 10.0. The van der Waals surface area contributed by atoms with E-state index < -0.39 is 0 Å². The predicted octanol–water partition coefficient (Wildman–Crippen LogP) is 2.58. The first kappa shape index (κ1) is 12.2. The Morgan fingerprint density at radius 2 is 2.33 bits per heavy atom. The molecular weight excluding hydrogens is 234 g/mol. The van der Waals surface area contributed by atoms with Crippen molar-refractivity contribution in [2.45, 2.75) is 11.3 Å². The van der Waals surface area contributed by atoms with E-state index in [1.165, 1.54) is 18.9 Å². The van der Waals surface area contributed by atoms with Gasteiger partial charge in [-0.3, -0.25) is 4.79 Å². The van der Waals surface area contributed by atoms with E-state index in [1.807, 2.05) is 12.1 Å². The molecule has 1 rings (SSSR count). The van der Waals surface area contributed by atoms with Crippen LogP contribution in [0.15, 0.2) is 23.1 Å². The summed E-state index contributed by atoms with van der Waals surface area (Å²) in [7, 11) is 1.38. The van der Waals surface area contributed by atoms with Gasteiger partial charge in [0.25, 0.3) is 0 Å². The Hall–Kier alpha value is -0.870. The minimum Gasteiger partial charge on any atom is -0.469 e. The molecule has 5 heteroatoms. The lowest BCUT2D eigenvalue weighted by molar-refractivity contribution is -0.140. The van der Waals surface area contributed by atoms with Gasteiger partial charge in [0, 0.05) is 10.6 Å². The fourth-order valence-electron chi connectivity index (χ4n) is 0.986. The summed E-state index contributed by atoms with van der Waals surface area (Å²) in [5.41, 5.74) is 6.20. The molecule has 0 saturated carbocycles. The number of nitrogen functional groups attached to an aromatic ring is 1. The van der Waals surface area contributed by atoms with Crippen LogP contribution in [-0.2, 0) is 9.53 Å². The number of esters is 1. The lowest BCUT2D eigenvalue weighted by Gasteiger charge is -2.05. The minimum atomic E-state index is -0.220. The van der Waals surface area contributed by atoms with Crippen LogP contribution in [0.25, 0.3) is 0 Å². The molecule has 0 atom stereocenters. The van der Waals surface area contributed by atoms with E-state index in [2.05, 4.69) is 4.74 Å². The zero-order valence-electron chi connectivity index (χ0n) is 8.33. The SMILES string of the molecule is COC(=O)CCSc1cccc(N)c1Cl. The number of thioether (sulfide) groups is 1. The summed E-state index contributed by atoms with van der Waals surface area (Å²) in [5.74, 6) is 0.415. The predicted molar refractivity (Wildman–Crippen MR) is 63.2 cm³/mol. The first-order valence-electron chi connectivity index (χ1n) is 4.38. The van der Waals surface area contributed by atoms with Gasteiger partial charge in [0.2, 0.25) is 0 Å². The van der Waals surface area contributed by atoms with Gasteiger partial charge in [-0.1, -0.05) is 17.7 Å². The summed E-state index contributed by atoms with van der Waals surface area (Å²) >= 11 is 7.47. The van der Waals surface area contributed by atoms with Crippen LogP contribution < -0.4 is 5.73 Å². The molecule has 2 N–H and O–H groups in total. The van der Waals surface area contributed by atoms with Crippen LogP contribution in [0.1, 0.15) is 6.42 Å². The number of halogens is 1. The molecule has 0 bridgehead atoms. The summed E-state index contributed by atoms with van der Waals surface area (Å²) in [6, 6.07) is 5.45. The summed E-state index contributed by atoms with van der Waals surface area (Å²) in [6.45, 7) is 0. The molecule has 1 aromatic rings. The highest BCUT2D eigenvalue weighted by atomic mass is 35.5. The third-order valence-electron chi connectivity index (χ3n) is 1.78. The van der Waals surface area contributed by atoms with Gasteiger partial charge >= 0.3 is 5.97 Å². The van der Waals surface area contributed by atoms with Gasteiger partial charge < -0.3 is 10.5 Å². The van der Waals surface area contributed by atoms with Gasteiger partial charge in [-0.15, -0.1) is 11.8 Å². The molecule has 0 radical (unpaired) electrons. The number of rotatable bonds is 4. The Morgan fingerprint density at radius 1 is 1.60 bits per heavy atom. The highest BCUT2D eigenvalue weighted by Crippen LogP contribution is 2.31. The second-order valence-corrected chi connectivity index (χ2v) is 4.35.